The maximum absolute atomic E-state index is 12.3. The van der Waals surface area contributed by atoms with Gasteiger partial charge in [0.25, 0.3) is 0 Å². The molecule has 1 aromatic heterocycles. The smallest absolute Gasteiger partial charge is 0.281 e. The topological polar surface area (TPSA) is 30.0 Å². The SMILES string of the molecule is CSC(=O)c1sc(Cl)nc1C(F)(F)F. The number of carbonyl (C=O) groups is 1. The van der Waals surface area contributed by atoms with Crippen LogP contribution in [0.25, 0.3) is 0 Å². The van der Waals surface area contributed by atoms with Gasteiger partial charge in [-0.1, -0.05) is 34.7 Å². The van der Waals surface area contributed by atoms with Crippen LogP contribution < -0.4 is 0 Å². The molecule has 8 heteroatoms. The van der Waals surface area contributed by atoms with Gasteiger partial charge in [0.05, 0.1) is 0 Å². The van der Waals surface area contributed by atoms with Crippen LogP contribution in [-0.2, 0) is 6.18 Å². The fraction of sp³-hybridized carbons (Fsp3) is 0.333. The van der Waals surface area contributed by atoms with Crippen molar-refractivity contribution < 1.29 is 18.0 Å². The zero-order valence-electron chi connectivity index (χ0n) is 6.68. The first kappa shape index (κ1) is 11.8. The lowest BCUT2D eigenvalue weighted by Crippen LogP contribution is -2.10. The number of aromatic nitrogens is 1. The van der Waals surface area contributed by atoms with Crippen LogP contribution in [0, 0.1) is 0 Å². The number of alkyl halides is 3. The van der Waals surface area contributed by atoms with Gasteiger partial charge in [0.1, 0.15) is 4.88 Å². The van der Waals surface area contributed by atoms with Crippen molar-refractivity contribution in [3.8, 4) is 0 Å². The highest BCUT2D eigenvalue weighted by molar-refractivity contribution is 8.13. The van der Waals surface area contributed by atoms with Gasteiger partial charge in [0.2, 0.25) is 5.12 Å². The molecule has 1 aromatic rings. The zero-order chi connectivity index (χ0) is 10.9. The van der Waals surface area contributed by atoms with Crippen molar-refractivity contribution in [2.75, 3.05) is 6.26 Å². The van der Waals surface area contributed by atoms with Crippen molar-refractivity contribution in [3.63, 3.8) is 0 Å². The largest absolute Gasteiger partial charge is 0.435 e. The summed E-state index contributed by atoms with van der Waals surface area (Å²) in [6.45, 7) is 0. The van der Waals surface area contributed by atoms with Crippen molar-refractivity contribution in [1.82, 2.24) is 4.98 Å². The second kappa shape index (κ2) is 4.08. The summed E-state index contributed by atoms with van der Waals surface area (Å²) in [4.78, 5) is 13.7. The third kappa shape index (κ3) is 2.40. The minimum Gasteiger partial charge on any atom is -0.281 e. The summed E-state index contributed by atoms with van der Waals surface area (Å²) in [7, 11) is 0. The van der Waals surface area contributed by atoms with E-state index in [-0.39, 0.29) is 4.47 Å². The molecule has 0 fully saturated rings. The van der Waals surface area contributed by atoms with Crippen molar-refractivity contribution in [1.29, 1.82) is 0 Å². The number of rotatable bonds is 1. The number of hydrogen-bond donors (Lipinski definition) is 0. The fourth-order valence-electron chi connectivity index (χ4n) is 0.717. The van der Waals surface area contributed by atoms with E-state index in [1.807, 2.05) is 0 Å². The second-order valence-electron chi connectivity index (χ2n) is 2.13. The van der Waals surface area contributed by atoms with Crippen molar-refractivity contribution in [3.05, 3.63) is 15.0 Å². The number of nitrogens with zero attached hydrogens (tertiary/aromatic N) is 1. The van der Waals surface area contributed by atoms with Crippen molar-refractivity contribution in [2.45, 2.75) is 6.18 Å². The summed E-state index contributed by atoms with van der Waals surface area (Å²) in [5.41, 5.74) is -1.20. The van der Waals surface area contributed by atoms with Crippen LogP contribution in [0.2, 0.25) is 4.47 Å². The molecule has 0 bridgehead atoms. The molecule has 0 aliphatic rings. The number of hydrogen-bond acceptors (Lipinski definition) is 4. The predicted molar refractivity (Wildman–Crippen MR) is 50.0 cm³/mol. The molecule has 0 amide bonds. The van der Waals surface area contributed by atoms with Gasteiger partial charge in [0, 0.05) is 0 Å². The van der Waals surface area contributed by atoms with Crippen LogP contribution in [0.5, 0.6) is 0 Å². The van der Waals surface area contributed by atoms with Gasteiger partial charge in [0.15, 0.2) is 10.2 Å². The van der Waals surface area contributed by atoms with E-state index in [9.17, 15) is 18.0 Å². The third-order valence-corrected chi connectivity index (χ3v) is 3.10. The van der Waals surface area contributed by atoms with E-state index in [1.54, 1.807) is 0 Å². The van der Waals surface area contributed by atoms with Gasteiger partial charge < -0.3 is 0 Å². The molecule has 78 valence electrons. The quantitative estimate of drug-likeness (QED) is 0.777. The molecule has 0 aromatic carbocycles. The van der Waals surface area contributed by atoms with E-state index < -0.39 is 21.9 Å². The monoisotopic (exact) mass is 261 g/mol. The Kier molecular flexibility index (Phi) is 3.44. The minimum atomic E-state index is -4.63. The standard InChI is InChI=1S/C6H3ClF3NOS2/c1-13-4(12)2-3(6(8,9)10)11-5(7)14-2/h1H3. The molecule has 0 unspecified atom stereocenters. The van der Waals surface area contributed by atoms with Gasteiger partial charge in [-0.3, -0.25) is 4.79 Å². The van der Waals surface area contributed by atoms with Crippen LogP contribution in [0.4, 0.5) is 13.2 Å². The first-order valence-corrected chi connectivity index (χ1v) is 5.60. The van der Waals surface area contributed by atoms with E-state index >= 15 is 0 Å². The molecule has 0 saturated carbocycles. The van der Waals surface area contributed by atoms with Gasteiger partial charge in [-0.15, -0.1) is 0 Å². The molecular formula is C6H3ClF3NOS2. The average molecular weight is 262 g/mol. The Morgan fingerprint density at radius 3 is 2.57 bits per heavy atom. The highest BCUT2D eigenvalue weighted by atomic mass is 35.5. The summed E-state index contributed by atoms with van der Waals surface area (Å²) >= 11 is 6.55. The lowest BCUT2D eigenvalue weighted by Gasteiger charge is -2.03. The minimum absolute atomic E-state index is 0.283. The number of halogens is 4. The molecule has 0 aliphatic heterocycles. The number of thiazole rings is 1. The number of carbonyl (C=O) groups excluding carboxylic acids is 1. The molecular weight excluding hydrogens is 259 g/mol. The number of thioether (sulfide) groups is 1. The average Bonchev–Trinajstić information content (AvgIpc) is 2.45. The van der Waals surface area contributed by atoms with Gasteiger partial charge >= 0.3 is 6.18 Å². The highest BCUT2D eigenvalue weighted by Crippen LogP contribution is 2.37. The Labute approximate surface area is 90.5 Å². The third-order valence-electron chi connectivity index (χ3n) is 1.24. The van der Waals surface area contributed by atoms with Crippen molar-refractivity contribution >= 4 is 39.8 Å². The van der Waals surface area contributed by atoms with Gasteiger partial charge in [-0.25, -0.2) is 4.98 Å². The fourth-order valence-corrected chi connectivity index (χ4v) is 2.34. The predicted octanol–water partition coefficient (Wildman–Crippen LogP) is 3.32. The summed E-state index contributed by atoms with van der Waals surface area (Å²) in [5, 5.41) is -0.679. The molecule has 0 spiro atoms. The molecule has 0 atom stereocenters. The normalized spacial score (nSPS) is 11.8. The maximum atomic E-state index is 12.3. The van der Waals surface area contributed by atoms with E-state index in [0.29, 0.717) is 23.1 Å². The highest BCUT2D eigenvalue weighted by Gasteiger charge is 2.39. The summed E-state index contributed by atoms with van der Waals surface area (Å²) in [6.07, 6.45) is -3.24. The Morgan fingerprint density at radius 1 is 1.57 bits per heavy atom. The van der Waals surface area contributed by atoms with Crippen LogP contribution in [0.1, 0.15) is 15.4 Å². The molecule has 0 saturated heterocycles. The molecule has 2 nitrogen and oxygen atoms in total. The van der Waals surface area contributed by atoms with Crippen LogP contribution in [0.15, 0.2) is 0 Å². The Balaban J connectivity index is 3.23. The van der Waals surface area contributed by atoms with E-state index in [2.05, 4.69) is 4.98 Å². The Hall–Kier alpha value is -0.270. The van der Waals surface area contributed by atoms with E-state index in [0.717, 1.165) is 0 Å². The van der Waals surface area contributed by atoms with Gasteiger partial charge in [-0.05, 0) is 6.26 Å². The van der Waals surface area contributed by atoms with Crippen LogP contribution in [0.3, 0.4) is 0 Å². The van der Waals surface area contributed by atoms with E-state index in [4.69, 9.17) is 11.6 Å². The Bertz CT molecular complexity index is 362. The summed E-state index contributed by atoms with van der Waals surface area (Å²) < 4.78 is 36.6. The molecule has 0 radical (unpaired) electrons. The van der Waals surface area contributed by atoms with Crippen LogP contribution >= 0.6 is 34.7 Å². The molecule has 1 heterocycles. The van der Waals surface area contributed by atoms with Crippen molar-refractivity contribution in [2.24, 2.45) is 0 Å². The van der Waals surface area contributed by atoms with E-state index in [1.165, 1.54) is 6.26 Å². The summed E-state index contributed by atoms with van der Waals surface area (Å²) in [5.74, 6) is 0. The van der Waals surface area contributed by atoms with Gasteiger partial charge in [-0.2, -0.15) is 13.2 Å². The summed E-state index contributed by atoms with van der Waals surface area (Å²) in [6, 6.07) is 0. The first-order chi connectivity index (χ1) is 6.36. The first-order valence-electron chi connectivity index (χ1n) is 3.18. The zero-order valence-corrected chi connectivity index (χ0v) is 9.07. The lowest BCUT2D eigenvalue weighted by molar-refractivity contribution is -0.141. The Morgan fingerprint density at radius 2 is 2.14 bits per heavy atom. The lowest BCUT2D eigenvalue weighted by atomic mass is 10.4. The maximum Gasteiger partial charge on any atom is 0.435 e. The molecule has 1 rings (SSSR count). The molecule has 0 aliphatic carbocycles. The van der Waals surface area contributed by atoms with Crippen LogP contribution in [-0.4, -0.2) is 16.4 Å². The molecule has 0 N–H and O–H groups in total. The molecule has 14 heavy (non-hydrogen) atoms. The second-order valence-corrected chi connectivity index (χ2v) is 4.49.